The van der Waals surface area contributed by atoms with Crippen LogP contribution < -0.4 is 0 Å². The molecule has 0 aliphatic carbocycles. The van der Waals surface area contributed by atoms with Crippen LogP contribution in [0.4, 0.5) is 4.39 Å². The maximum Gasteiger partial charge on any atom is 0.223 e. The van der Waals surface area contributed by atoms with E-state index in [9.17, 15) is 9.18 Å². The summed E-state index contributed by atoms with van der Waals surface area (Å²) in [7, 11) is 0. The molecule has 0 radical (unpaired) electrons. The first-order valence-electron chi connectivity index (χ1n) is 7.71. The lowest BCUT2D eigenvalue weighted by Gasteiger charge is -2.33. The fraction of sp³-hybridized carbons (Fsp3) is 0.588. The Bertz CT molecular complexity index is 466. The van der Waals surface area contributed by atoms with Gasteiger partial charge >= 0.3 is 0 Å². The number of rotatable bonds is 6. The summed E-state index contributed by atoms with van der Waals surface area (Å²) >= 11 is 1.71. The molecule has 1 unspecified atom stereocenters. The Morgan fingerprint density at radius 1 is 1.43 bits per heavy atom. The van der Waals surface area contributed by atoms with Gasteiger partial charge in [-0.1, -0.05) is 18.2 Å². The minimum absolute atomic E-state index is 0.110. The van der Waals surface area contributed by atoms with Crippen LogP contribution in [0.15, 0.2) is 24.3 Å². The van der Waals surface area contributed by atoms with Crippen molar-refractivity contribution in [3.05, 3.63) is 35.6 Å². The van der Waals surface area contributed by atoms with Crippen molar-refractivity contribution in [3.63, 3.8) is 0 Å². The zero-order valence-electron chi connectivity index (χ0n) is 12.7. The number of nitrogens with zero attached hydrogens (tertiary/aromatic N) is 1. The summed E-state index contributed by atoms with van der Waals surface area (Å²) in [6.45, 7) is 1.74. The van der Waals surface area contributed by atoms with Crippen LogP contribution in [0.3, 0.4) is 0 Å². The maximum absolute atomic E-state index is 13.6. The van der Waals surface area contributed by atoms with Gasteiger partial charge < -0.3 is 4.90 Å². The van der Waals surface area contributed by atoms with Gasteiger partial charge in [-0.15, -0.1) is 0 Å². The van der Waals surface area contributed by atoms with Crippen LogP contribution in [0.2, 0.25) is 0 Å². The predicted molar refractivity (Wildman–Crippen MR) is 87.0 cm³/mol. The topological polar surface area (TPSA) is 20.3 Å². The monoisotopic (exact) mass is 309 g/mol. The van der Waals surface area contributed by atoms with Gasteiger partial charge in [-0.25, -0.2) is 4.39 Å². The molecule has 4 heteroatoms. The normalized spacial score (nSPS) is 18.8. The van der Waals surface area contributed by atoms with Crippen LogP contribution >= 0.6 is 11.8 Å². The number of carbonyl (C=O) groups is 1. The van der Waals surface area contributed by atoms with E-state index in [0.717, 1.165) is 50.1 Å². The molecule has 1 amide bonds. The average molecular weight is 309 g/mol. The van der Waals surface area contributed by atoms with E-state index in [2.05, 4.69) is 0 Å². The molecule has 0 saturated carbocycles. The summed E-state index contributed by atoms with van der Waals surface area (Å²) in [5.41, 5.74) is 0.795. The van der Waals surface area contributed by atoms with Crippen LogP contribution in [-0.2, 0) is 11.2 Å². The van der Waals surface area contributed by atoms with Crippen molar-refractivity contribution in [1.29, 1.82) is 0 Å². The zero-order chi connectivity index (χ0) is 15.1. The van der Waals surface area contributed by atoms with Crippen LogP contribution in [0.5, 0.6) is 0 Å². The number of thioether (sulfide) groups is 1. The number of likely N-dealkylation sites (tertiary alicyclic amines) is 1. The van der Waals surface area contributed by atoms with Crippen LogP contribution in [-0.4, -0.2) is 35.9 Å². The van der Waals surface area contributed by atoms with Gasteiger partial charge in [0.25, 0.3) is 0 Å². The number of benzene rings is 1. The first-order valence-corrected chi connectivity index (χ1v) is 9.10. The number of piperidine rings is 1. The Kier molecular flexibility index (Phi) is 6.55. The van der Waals surface area contributed by atoms with Crippen molar-refractivity contribution >= 4 is 17.7 Å². The molecule has 116 valence electrons. The first kappa shape index (κ1) is 16.3. The minimum atomic E-state index is -0.110. The van der Waals surface area contributed by atoms with Crippen LogP contribution in [0, 0.1) is 11.7 Å². The molecule has 21 heavy (non-hydrogen) atoms. The molecule has 1 aliphatic rings. The van der Waals surface area contributed by atoms with Gasteiger partial charge in [-0.2, -0.15) is 11.8 Å². The Morgan fingerprint density at radius 3 is 3.00 bits per heavy atom. The van der Waals surface area contributed by atoms with Crippen LogP contribution in [0.25, 0.3) is 0 Å². The van der Waals surface area contributed by atoms with Gasteiger partial charge in [0.2, 0.25) is 5.91 Å². The van der Waals surface area contributed by atoms with Crippen molar-refractivity contribution in [2.24, 2.45) is 5.92 Å². The summed E-state index contributed by atoms with van der Waals surface area (Å²) in [5.74, 6) is 1.58. The second-order valence-corrected chi connectivity index (χ2v) is 6.71. The Hall–Kier alpha value is -1.03. The predicted octanol–water partition coefficient (Wildman–Crippen LogP) is 3.75. The molecule has 2 nitrogen and oxygen atoms in total. The molecule has 1 aliphatic heterocycles. The average Bonchev–Trinajstić information content (AvgIpc) is 2.52. The molecular formula is C17H24FNOS. The molecule has 0 spiro atoms. The van der Waals surface area contributed by atoms with E-state index < -0.39 is 0 Å². The standard InChI is InChI=1S/C17H24FNOS/c1-21-12-10-17(20)19-11-4-5-14(13-19)8-9-15-6-2-3-7-16(15)18/h2-3,6-7,14H,4-5,8-13H2,1H3. The number of hydrogen-bond donors (Lipinski definition) is 0. The highest BCUT2D eigenvalue weighted by Gasteiger charge is 2.23. The van der Waals surface area contributed by atoms with E-state index in [0.29, 0.717) is 12.3 Å². The highest BCUT2D eigenvalue weighted by Crippen LogP contribution is 2.23. The molecule has 0 bridgehead atoms. The third-order valence-corrected chi connectivity index (χ3v) is 4.78. The molecule has 1 aromatic rings. The second-order valence-electron chi connectivity index (χ2n) is 5.72. The molecule has 0 N–H and O–H groups in total. The van der Waals surface area contributed by atoms with Crippen molar-refractivity contribution in [2.75, 3.05) is 25.1 Å². The number of hydrogen-bond acceptors (Lipinski definition) is 2. The van der Waals surface area contributed by atoms with E-state index in [4.69, 9.17) is 0 Å². The fourth-order valence-corrected chi connectivity index (χ4v) is 3.31. The van der Waals surface area contributed by atoms with Gasteiger partial charge in [0.05, 0.1) is 0 Å². The van der Waals surface area contributed by atoms with E-state index in [-0.39, 0.29) is 11.7 Å². The maximum atomic E-state index is 13.6. The van der Waals surface area contributed by atoms with Gasteiger partial charge in [0.15, 0.2) is 0 Å². The number of aryl methyl sites for hydroxylation is 1. The van der Waals surface area contributed by atoms with E-state index in [1.165, 1.54) is 6.07 Å². The summed E-state index contributed by atoms with van der Waals surface area (Å²) in [6, 6.07) is 7.00. The van der Waals surface area contributed by atoms with Crippen molar-refractivity contribution in [3.8, 4) is 0 Å². The molecule has 1 heterocycles. The lowest BCUT2D eigenvalue weighted by Crippen LogP contribution is -2.40. The molecule has 0 aromatic heterocycles. The molecule has 2 rings (SSSR count). The third kappa shape index (κ3) is 5.03. The molecule has 1 atom stereocenters. The van der Waals surface area contributed by atoms with Crippen LogP contribution in [0.1, 0.15) is 31.2 Å². The Labute approximate surface area is 131 Å². The SMILES string of the molecule is CSCCC(=O)N1CCCC(CCc2ccccc2F)C1. The van der Waals surface area contributed by atoms with E-state index >= 15 is 0 Å². The number of carbonyl (C=O) groups excluding carboxylic acids is 1. The zero-order valence-corrected chi connectivity index (χ0v) is 13.5. The smallest absolute Gasteiger partial charge is 0.223 e. The van der Waals surface area contributed by atoms with Crippen molar-refractivity contribution < 1.29 is 9.18 Å². The van der Waals surface area contributed by atoms with Gasteiger partial charge in [-0.3, -0.25) is 4.79 Å². The number of amides is 1. The summed E-state index contributed by atoms with van der Waals surface area (Å²) in [5, 5.41) is 0. The highest BCUT2D eigenvalue weighted by molar-refractivity contribution is 7.98. The van der Waals surface area contributed by atoms with E-state index in [1.807, 2.05) is 23.3 Å². The minimum Gasteiger partial charge on any atom is -0.342 e. The second kappa shape index (κ2) is 8.42. The quantitative estimate of drug-likeness (QED) is 0.797. The highest BCUT2D eigenvalue weighted by atomic mass is 32.2. The first-order chi connectivity index (χ1) is 10.2. The van der Waals surface area contributed by atoms with Crippen molar-refractivity contribution in [2.45, 2.75) is 32.1 Å². The molecule has 1 aromatic carbocycles. The molecule has 1 fully saturated rings. The third-order valence-electron chi connectivity index (χ3n) is 4.17. The van der Waals surface area contributed by atoms with Crippen molar-refractivity contribution in [1.82, 2.24) is 4.90 Å². The fourth-order valence-electron chi connectivity index (χ4n) is 2.94. The largest absolute Gasteiger partial charge is 0.342 e. The van der Waals surface area contributed by atoms with Gasteiger partial charge in [0, 0.05) is 25.3 Å². The Balaban J connectivity index is 1.81. The van der Waals surface area contributed by atoms with E-state index in [1.54, 1.807) is 17.8 Å². The lowest BCUT2D eigenvalue weighted by molar-refractivity contribution is -0.132. The summed E-state index contributed by atoms with van der Waals surface area (Å²) in [4.78, 5) is 14.1. The van der Waals surface area contributed by atoms with Gasteiger partial charge in [-0.05, 0) is 49.5 Å². The Morgan fingerprint density at radius 2 is 2.24 bits per heavy atom. The molecular weight excluding hydrogens is 285 g/mol. The summed E-state index contributed by atoms with van der Waals surface area (Å²) in [6.07, 6.45) is 6.63. The summed E-state index contributed by atoms with van der Waals surface area (Å²) < 4.78 is 13.6. The number of halogens is 1. The molecule has 1 saturated heterocycles. The lowest BCUT2D eigenvalue weighted by atomic mass is 9.91. The van der Waals surface area contributed by atoms with Gasteiger partial charge in [0.1, 0.15) is 5.82 Å².